The van der Waals surface area contributed by atoms with Crippen molar-refractivity contribution in [3.63, 3.8) is 0 Å². The van der Waals surface area contributed by atoms with Crippen molar-refractivity contribution in [2.75, 3.05) is 26.7 Å². The lowest BCUT2D eigenvalue weighted by Gasteiger charge is -2.23. The summed E-state index contributed by atoms with van der Waals surface area (Å²) in [4.78, 5) is 47.7. The number of nitrogens with zero attached hydrogens (tertiary/aromatic N) is 2. The van der Waals surface area contributed by atoms with Gasteiger partial charge in [-0.25, -0.2) is 9.59 Å². The van der Waals surface area contributed by atoms with E-state index in [1.54, 1.807) is 4.90 Å². The van der Waals surface area contributed by atoms with Crippen LogP contribution < -0.4 is 5.32 Å². The molecule has 0 aliphatic carbocycles. The van der Waals surface area contributed by atoms with Gasteiger partial charge in [0.25, 0.3) is 0 Å². The lowest BCUT2D eigenvalue weighted by atomic mass is 10.2. The van der Waals surface area contributed by atoms with E-state index in [1.165, 1.54) is 7.05 Å². The molecule has 1 fully saturated rings. The van der Waals surface area contributed by atoms with Crippen LogP contribution in [0.2, 0.25) is 0 Å². The molecule has 0 aromatic carbocycles. The van der Waals surface area contributed by atoms with Gasteiger partial charge in [-0.1, -0.05) is 0 Å². The van der Waals surface area contributed by atoms with Gasteiger partial charge in [0.05, 0.1) is 6.42 Å². The summed E-state index contributed by atoms with van der Waals surface area (Å²) >= 11 is 0. The first-order valence-electron chi connectivity index (χ1n) is 6.55. The molecule has 0 saturated carbocycles. The molecule has 1 saturated heterocycles. The van der Waals surface area contributed by atoms with Crippen LogP contribution in [0.1, 0.15) is 19.3 Å². The first kappa shape index (κ1) is 16.7. The fraction of sp³-hybridized carbons (Fsp3) is 0.667. The summed E-state index contributed by atoms with van der Waals surface area (Å²) in [6, 6.07) is -2.32. The molecule has 9 heteroatoms. The van der Waals surface area contributed by atoms with Crippen molar-refractivity contribution in [2.45, 2.75) is 25.3 Å². The van der Waals surface area contributed by atoms with Gasteiger partial charge in [0, 0.05) is 20.1 Å². The van der Waals surface area contributed by atoms with Crippen LogP contribution in [0.3, 0.4) is 0 Å². The van der Waals surface area contributed by atoms with Gasteiger partial charge in [-0.15, -0.1) is 0 Å². The Bertz CT molecular complexity index is 433. The molecule has 1 heterocycles. The summed E-state index contributed by atoms with van der Waals surface area (Å²) in [7, 11) is 1.35. The van der Waals surface area contributed by atoms with E-state index in [2.05, 4.69) is 5.32 Å². The maximum atomic E-state index is 11.9. The minimum absolute atomic E-state index is 0.175. The number of carboxylic acids is 2. The lowest BCUT2D eigenvalue weighted by Crippen LogP contribution is -2.50. The number of likely N-dealkylation sites (tertiary alicyclic amines) is 1. The van der Waals surface area contributed by atoms with Gasteiger partial charge in [-0.2, -0.15) is 0 Å². The van der Waals surface area contributed by atoms with E-state index in [-0.39, 0.29) is 12.5 Å². The average molecular weight is 301 g/mol. The van der Waals surface area contributed by atoms with E-state index >= 15 is 0 Å². The number of hydrogen-bond acceptors (Lipinski definition) is 4. The average Bonchev–Trinajstić information content (AvgIpc) is 2.90. The zero-order valence-corrected chi connectivity index (χ0v) is 11.7. The standard InChI is InChI=1S/C12H19N3O6/c1-14(7-9(16)15-4-2-3-5-15)12(21)13-8(11(19)20)6-10(17)18/h8H,2-7H2,1H3,(H,13,21)(H,17,18)(H,19,20)/t8-/m0/s1. The molecule has 0 aromatic heterocycles. The van der Waals surface area contributed by atoms with Gasteiger partial charge in [0.1, 0.15) is 12.6 Å². The minimum atomic E-state index is -1.53. The number of amides is 3. The smallest absolute Gasteiger partial charge is 0.326 e. The quantitative estimate of drug-likeness (QED) is 0.588. The van der Waals surface area contributed by atoms with Crippen LogP contribution in [0.25, 0.3) is 0 Å². The van der Waals surface area contributed by atoms with Crippen molar-refractivity contribution in [1.29, 1.82) is 0 Å². The Balaban J connectivity index is 2.50. The number of likely N-dealkylation sites (N-methyl/N-ethyl adjacent to an activating group) is 1. The summed E-state index contributed by atoms with van der Waals surface area (Å²) < 4.78 is 0. The topological polar surface area (TPSA) is 127 Å². The van der Waals surface area contributed by atoms with Crippen LogP contribution in [-0.2, 0) is 14.4 Å². The number of carbonyl (C=O) groups is 4. The van der Waals surface area contributed by atoms with Crippen molar-refractivity contribution in [1.82, 2.24) is 15.1 Å². The Morgan fingerprint density at radius 1 is 1.19 bits per heavy atom. The second-order valence-corrected chi connectivity index (χ2v) is 4.88. The van der Waals surface area contributed by atoms with Crippen molar-refractivity contribution in [3.05, 3.63) is 0 Å². The van der Waals surface area contributed by atoms with Crippen molar-refractivity contribution >= 4 is 23.9 Å². The summed E-state index contributed by atoms with van der Waals surface area (Å²) in [5.74, 6) is -2.99. The molecule has 0 radical (unpaired) electrons. The zero-order valence-electron chi connectivity index (χ0n) is 11.7. The molecule has 1 atom stereocenters. The zero-order chi connectivity index (χ0) is 16.0. The maximum Gasteiger partial charge on any atom is 0.326 e. The molecule has 1 rings (SSSR count). The molecule has 118 valence electrons. The minimum Gasteiger partial charge on any atom is -0.481 e. The third-order valence-electron chi connectivity index (χ3n) is 3.15. The highest BCUT2D eigenvalue weighted by Gasteiger charge is 2.26. The Kier molecular flexibility index (Phi) is 5.94. The van der Waals surface area contributed by atoms with Gasteiger partial charge in [-0.05, 0) is 12.8 Å². The molecule has 0 aromatic rings. The van der Waals surface area contributed by atoms with Gasteiger partial charge < -0.3 is 25.3 Å². The molecule has 0 unspecified atom stereocenters. The van der Waals surface area contributed by atoms with Gasteiger partial charge in [0.2, 0.25) is 5.91 Å². The van der Waals surface area contributed by atoms with Gasteiger partial charge >= 0.3 is 18.0 Å². The van der Waals surface area contributed by atoms with Gasteiger partial charge in [-0.3, -0.25) is 9.59 Å². The van der Waals surface area contributed by atoms with E-state index in [0.29, 0.717) is 13.1 Å². The Morgan fingerprint density at radius 2 is 1.76 bits per heavy atom. The van der Waals surface area contributed by atoms with Crippen LogP contribution in [0.4, 0.5) is 4.79 Å². The predicted octanol–water partition coefficient (Wildman–Crippen LogP) is -0.822. The molecule has 21 heavy (non-hydrogen) atoms. The highest BCUT2D eigenvalue weighted by molar-refractivity contribution is 5.88. The van der Waals surface area contributed by atoms with Gasteiger partial charge in [0.15, 0.2) is 0 Å². The molecule has 3 amide bonds. The normalized spacial score (nSPS) is 15.4. The van der Waals surface area contributed by atoms with Crippen molar-refractivity contribution in [2.24, 2.45) is 0 Å². The summed E-state index contributed by atoms with van der Waals surface area (Å²) in [5, 5.41) is 19.5. The monoisotopic (exact) mass is 301 g/mol. The molecule has 3 N–H and O–H groups in total. The van der Waals surface area contributed by atoms with E-state index in [1.807, 2.05) is 0 Å². The number of rotatable bonds is 6. The molecule has 0 spiro atoms. The number of carbonyl (C=O) groups excluding carboxylic acids is 2. The largest absolute Gasteiger partial charge is 0.481 e. The first-order chi connectivity index (χ1) is 9.81. The fourth-order valence-corrected chi connectivity index (χ4v) is 1.98. The summed E-state index contributed by atoms with van der Waals surface area (Å²) in [6.07, 6.45) is 1.14. The number of urea groups is 1. The second kappa shape index (κ2) is 7.46. The molecule has 0 bridgehead atoms. The number of carboxylic acid groups (broad SMARTS) is 2. The Morgan fingerprint density at radius 3 is 2.24 bits per heavy atom. The molecule has 9 nitrogen and oxygen atoms in total. The lowest BCUT2D eigenvalue weighted by molar-refractivity contribution is -0.145. The fourth-order valence-electron chi connectivity index (χ4n) is 1.98. The van der Waals surface area contributed by atoms with Crippen molar-refractivity contribution < 1.29 is 29.4 Å². The Labute approximate surface area is 121 Å². The second-order valence-electron chi connectivity index (χ2n) is 4.88. The van der Waals surface area contributed by atoms with Crippen LogP contribution in [0.15, 0.2) is 0 Å². The highest BCUT2D eigenvalue weighted by atomic mass is 16.4. The first-order valence-corrected chi connectivity index (χ1v) is 6.55. The number of aliphatic carboxylic acids is 2. The number of hydrogen-bond donors (Lipinski definition) is 3. The van der Waals surface area contributed by atoms with E-state index < -0.39 is 30.4 Å². The third-order valence-corrected chi connectivity index (χ3v) is 3.15. The van der Waals surface area contributed by atoms with E-state index in [4.69, 9.17) is 10.2 Å². The van der Waals surface area contributed by atoms with Crippen molar-refractivity contribution in [3.8, 4) is 0 Å². The molecular weight excluding hydrogens is 282 g/mol. The third kappa shape index (κ3) is 5.28. The van der Waals surface area contributed by atoms with E-state index in [0.717, 1.165) is 17.7 Å². The molecule has 1 aliphatic rings. The van der Waals surface area contributed by atoms with Crippen LogP contribution in [0, 0.1) is 0 Å². The summed E-state index contributed by atoms with van der Waals surface area (Å²) in [6.45, 7) is 1.14. The van der Waals surface area contributed by atoms with Crippen LogP contribution >= 0.6 is 0 Å². The van der Waals surface area contributed by atoms with Crippen LogP contribution in [-0.4, -0.2) is 76.6 Å². The summed E-state index contributed by atoms with van der Waals surface area (Å²) in [5.41, 5.74) is 0. The molecular formula is C12H19N3O6. The SMILES string of the molecule is CN(CC(=O)N1CCCC1)C(=O)N[C@@H](CC(=O)O)C(=O)O. The highest BCUT2D eigenvalue weighted by Crippen LogP contribution is 2.07. The van der Waals surface area contributed by atoms with Crippen LogP contribution in [0.5, 0.6) is 0 Å². The Hall–Kier alpha value is -2.32. The molecule has 1 aliphatic heterocycles. The number of nitrogens with one attached hydrogen (secondary N) is 1. The van der Waals surface area contributed by atoms with E-state index in [9.17, 15) is 19.2 Å². The maximum absolute atomic E-state index is 11.9. The predicted molar refractivity (Wildman–Crippen MR) is 70.7 cm³/mol.